The predicted octanol–water partition coefficient (Wildman–Crippen LogP) is 3.63. The summed E-state index contributed by atoms with van der Waals surface area (Å²) < 4.78 is 21.0. The lowest BCUT2D eigenvalue weighted by Crippen LogP contribution is -2.20. The molecule has 8 nitrogen and oxygen atoms in total. The van der Waals surface area contributed by atoms with E-state index in [9.17, 15) is 14.0 Å². The van der Waals surface area contributed by atoms with Crippen molar-refractivity contribution in [2.24, 2.45) is 0 Å². The van der Waals surface area contributed by atoms with Crippen molar-refractivity contribution in [3.63, 3.8) is 0 Å². The number of amides is 1. The van der Waals surface area contributed by atoms with E-state index in [0.717, 1.165) is 0 Å². The van der Waals surface area contributed by atoms with Crippen LogP contribution in [0.2, 0.25) is 0 Å². The van der Waals surface area contributed by atoms with Crippen LogP contribution in [0.5, 0.6) is 5.75 Å². The molecule has 1 amide bonds. The van der Waals surface area contributed by atoms with E-state index < -0.39 is 11.7 Å². The molecule has 0 aliphatic carbocycles. The van der Waals surface area contributed by atoms with Gasteiger partial charge in [-0.25, -0.2) is 8.91 Å². The fraction of sp³-hybridized carbons (Fsp3) is 0.0870. The van der Waals surface area contributed by atoms with Gasteiger partial charge in [-0.3, -0.25) is 14.9 Å². The molecule has 0 aliphatic heterocycles. The number of hydrogen-bond acceptors (Lipinski definition) is 6. The average molecular weight is 429 g/mol. The van der Waals surface area contributed by atoms with Gasteiger partial charge in [0.15, 0.2) is 18.0 Å². The van der Waals surface area contributed by atoms with Gasteiger partial charge in [-0.15, -0.1) is 5.10 Å². The molecule has 0 aliphatic rings. The van der Waals surface area contributed by atoms with E-state index in [1.807, 2.05) is 6.07 Å². The number of carbonyl (C=O) groups excluding carboxylic acids is 2. The van der Waals surface area contributed by atoms with Crippen LogP contribution in [0.3, 0.4) is 0 Å². The molecule has 0 saturated heterocycles. The number of benzene rings is 2. The monoisotopic (exact) mass is 429 g/mol. The van der Waals surface area contributed by atoms with Crippen LogP contribution in [-0.2, 0) is 4.79 Å². The van der Waals surface area contributed by atoms with Crippen LogP contribution in [0.4, 0.5) is 10.3 Å². The molecule has 0 fully saturated rings. The molecule has 2 heterocycles. The highest BCUT2D eigenvalue weighted by atomic mass is 19.1. The van der Waals surface area contributed by atoms with Crippen molar-refractivity contribution in [3.8, 4) is 22.9 Å². The molecule has 158 valence electrons. The summed E-state index contributed by atoms with van der Waals surface area (Å²) in [6.07, 6.45) is 1.56. The number of rotatable bonds is 6. The molecule has 0 spiro atoms. The molecule has 2 aromatic heterocycles. The van der Waals surface area contributed by atoms with Crippen molar-refractivity contribution in [1.29, 1.82) is 5.26 Å². The molecule has 0 saturated carbocycles. The van der Waals surface area contributed by atoms with Crippen LogP contribution in [0.1, 0.15) is 22.8 Å². The van der Waals surface area contributed by atoms with Gasteiger partial charge in [0.05, 0.1) is 11.6 Å². The number of nitrogens with one attached hydrogen (secondary N) is 1. The molecule has 1 N–H and O–H groups in total. The molecular weight excluding hydrogens is 413 g/mol. The first-order valence-corrected chi connectivity index (χ1v) is 9.53. The minimum atomic E-state index is -0.468. The van der Waals surface area contributed by atoms with Crippen molar-refractivity contribution in [2.45, 2.75) is 6.92 Å². The topological polar surface area (TPSA) is 109 Å². The Kier molecular flexibility index (Phi) is 5.59. The smallest absolute Gasteiger partial charge is 0.264 e. The number of nitriles is 1. The summed E-state index contributed by atoms with van der Waals surface area (Å²) >= 11 is 0. The van der Waals surface area contributed by atoms with E-state index in [-0.39, 0.29) is 23.9 Å². The molecule has 32 heavy (non-hydrogen) atoms. The lowest BCUT2D eigenvalue weighted by molar-refractivity contribution is -0.118. The van der Waals surface area contributed by atoms with Gasteiger partial charge >= 0.3 is 0 Å². The highest BCUT2D eigenvalue weighted by molar-refractivity contribution is 5.94. The number of ether oxygens (including phenoxy) is 1. The van der Waals surface area contributed by atoms with Gasteiger partial charge in [-0.2, -0.15) is 10.2 Å². The fourth-order valence-electron chi connectivity index (χ4n) is 3.01. The summed E-state index contributed by atoms with van der Waals surface area (Å²) in [7, 11) is 0. The number of hydrogen-bond donors (Lipinski definition) is 1. The summed E-state index contributed by atoms with van der Waals surface area (Å²) in [4.78, 5) is 27.7. The number of anilines is 1. The van der Waals surface area contributed by atoms with Crippen LogP contribution in [-0.4, -0.2) is 32.9 Å². The Morgan fingerprint density at radius 3 is 2.66 bits per heavy atom. The second-order valence-electron chi connectivity index (χ2n) is 6.88. The summed E-state index contributed by atoms with van der Waals surface area (Å²) in [5, 5.41) is 15.8. The Hall–Kier alpha value is -4.58. The van der Waals surface area contributed by atoms with Gasteiger partial charge in [0.1, 0.15) is 11.6 Å². The summed E-state index contributed by atoms with van der Waals surface area (Å²) in [6.45, 7) is 1.19. The van der Waals surface area contributed by atoms with Crippen LogP contribution in [0.25, 0.3) is 16.8 Å². The number of nitrogens with zero attached hydrogens (tertiary/aromatic N) is 4. The quantitative estimate of drug-likeness (QED) is 0.469. The molecule has 0 atom stereocenters. The normalized spacial score (nSPS) is 10.5. The van der Waals surface area contributed by atoms with Gasteiger partial charge in [-0.05, 0) is 61.5 Å². The highest BCUT2D eigenvalue weighted by Crippen LogP contribution is 2.24. The third-order valence-electron chi connectivity index (χ3n) is 4.62. The zero-order valence-electron chi connectivity index (χ0n) is 16.9. The average Bonchev–Trinajstić information content (AvgIpc) is 3.19. The highest BCUT2D eigenvalue weighted by Gasteiger charge is 2.12. The van der Waals surface area contributed by atoms with Crippen LogP contribution in [0, 0.1) is 17.1 Å². The number of aromatic nitrogens is 3. The van der Waals surface area contributed by atoms with Gasteiger partial charge in [-0.1, -0.05) is 0 Å². The molecule has 0 radical (unpaired) electrons. The van der Waals surface area contributed by atoms with E-state index in [1.165, 1.54) is 29.6 Å². The second-order valence-corrected chi connectivity index (χ2v) is 6.88. The standard InChI is InChI=1S/C23H16FN5O3/c1-14(30)16-3-6-18(7-4-16)32-13-22(31)27-23-26-21-9-5-17(12-29(21)28-23)19-10-15(11-25)2-8-20(19)24/h2-10,12H,13H2,1H3,(H,27,28,31). The number of pyridine rings is 1. The van der Waals surface area contributed by atoms with Crippen molar-refractivity contribution in [1.82, 2.24) is 14.6 Å². The predicted molar refractivity (Wildman–Crippen MR) is 114 cm³/mol. The second kappa shape index (κ2) is 8.65. The Balaban J connectivity index is 1.45. The van der Waals surface area contributed by atoms with E-state index in [2.05, 4.69) is 15.4 Å². The maximum Gasteiger partial charge on any atom is 0.264 e. The number of carbonyl (C=O) groups is 2. The molecule has 2 aromatic carbocycles. The maximum atomic E-state index is 14.2. The lowest BCUT2D eigenvalue weighted by atomic mass is 10.0. The minimum Gasteiger partial charge on any atom is -0.484 e. The molecule has 4 aromatic rings. The van der Waals surface area contributed by atoms with Gasteiger partial charge in [0, 0.05) is 22.9 Å². The van der Waals surface area contributed by atoms with Crippen LogP contribution in [0.15, 0.2) is 60.8 Å². The molecule has 4 rings (SSSR count). The molecule has 0 bridgehead atoms. The van der Waals surface area contributed by atoms with Crippen LogP contribution < -0.4 is 10.1 Å². The Morgan fingerprint density at radius 1 is 1.16 bits per heavy atom. The largest absolute Gasteiger partial charge is 0.484 e. The van der Waals surface area contributed by atoms with Gasteiger partial charge in [0.25, 0.3) is 5.91 Å². The number of halogens is 1. The van der Waals surface area contributed by atoms with E-state index in [0.29, 0.717) is 28.1 Å². The van der Waals surface area contributed by atoms with Gasteiger partial charge in [0.2, 0.25) is 5.95 Å². The van der Waals surface area contributed by atoms with E-state index >= 15 is 0 Å². The summed E-state index contributed by atoms with van der Waals surface area (Å²) in [5.74, 6) is -0.487. The fourth-order valence-corrected chi connectivity index (χ4v) is 3.01. The zero-order chi connectivity index (χ0) is 22.7. The lowest BCUT2D eigenvalue weighted by Gasteiger charge is -2.05. The third kappa shape index (κ3) is 4.44. The Labute approximate surface area is 181 Å². The van der Waals surface area contributed by atoms with Crippen molar-refractivity contribution in [2.75, 3.05) is 11.9 Å². The minimum absolute atomic E-state index is 0.0594. The maximum absolute atomic E-state index is 14.2. The van der Waals surface area contributed by atoms with E-state index in [1.54, 1.807) is 42.6 Å². The third-order valence-corrected chi connectivity index (χ3v) is 4.62. The molecular formula is C23H16FN5O3. The van der Waals surface area contributed by atoms with Crippen molar-refractivity contribution < 1.29 is 18.7 Å². The SMILES string of the molecule is CC(=O)c1ccc(OCC(=O)Nc2nc3ccc(-c4cc(C#N)ccc4F)cn3n2)cc1. The Morgan fingerprint density at radius 2 is 1.94 bits per heavy atom. The van der Waals surface area contributed by atoms with E-state index in [4.69, 9.17) is 10.00 Å². The summed E-state index contributed by atoms with van der Waals surface area (Å²) in [5.41, 5.74) is 2.10. The molecule has 0 unspecified atom stereocenters. The Bertz CT molecular complexity index is 1370. The zero-order valence-corrected chi connectivity index (χ0v) is 16.9. The number of fused-ring (bicyclic) bond motifs is 1. The van der Waals surface area contributed by atoms with Crippen molar-refractivity contribution >= 4 is 23.3 Å². The first-order valence-electron chi connectivity index (χ1n) is 9.53. The number of ketones is 1. The molecule has 9 heteroatoms. The summed E-state index contributed by atoms with van der Waals surface area (Å²) in [6, 6.07) is 15.8. The first kappa shape index (κ1) is 20.7. The van der Waals surface area contributed by atoms with Gasteiger partial charge < -0.3 is 4.74 Å². The van der Waals surface area contributed by atoms with Crippen molar-refractivity contribution in [3.05, 3.63) is 77.7 Å². The first-order chi connectivity index (χ1) is 15.4. The van der Waals surface area contributed by atoms with Crippen LogP contribution >= 0.6 is 0 Å². The number of Topliss-reactive ketones (excluding diaryl/α,β-unsaturated/α-hetero) is 1.